The summed E-state index contributed by atoms with van der Waals surface area (Å²) in [5.74, 6) is 0.494. The van der Waals surface area contributed by atoms with Gasteiger partial charge in [-0.25, -0.2) is 9.78 Å². The number of rotatable bonds is 2. The average molecular weight is 470 g/mol. The fraction of sp³-hybridized carbons (Fsp3) is 0.321. The number of benzene rings is 2. The molecule has 7 heteroatoms. The Kier molecular flexibility index (Phi) is 4.52. The van der Waals surface area contributed by atoms with Crippen LogP contribution in [0.4, 0.5) is 4.79 Å². The van der Waals surface area contributed by atoms with Gasteiger partial charge in [-0.05, 0) is 69.4 Å². The molecular formula is C28H27N3O4. The molecule has 5 aromatic rings. The average Bonchev–Trinajstić information content (AvgIpc) is 3.39. The number of hydrogen-bond acceptors (Lipinski definition) is 5. The van der Waals surface area contributed by atoms with Gasteiger partial charge in [0.05, 0.1) is 5.52 Å². The van der Waals surface area contributed by atoms with Crippen LogP contribution in [0.5, 0.6) is 0 Å². The van der Waals surface area contributed by atoms with Crippen LogP contribution < -0.4 is 5.56 Å². The van der Waals surface area contributed by atoms with Gasteiger partial charge < -0.3 is 13.7 Å². The molecule has 178 valence electrons. The quantitative estimate of drug-likeness (QED) is 0.295. The van der Waals surface area contributed by atoms with Gasteiger partial charge in [0.25, 0.3) is 5.56 Å². The summed E-state index contributed by atoms with van der Waals surface area (Å²) >= 11 is 0. The minimum Gasteiger partial charge on any atom is -0.443 e. The normalized spacial score (nSPS) is 14.3. The molecule has 1 aliphatic rings. The first kappa shape index (κ1) is 21.6. The molecule has 2 aromatic carbocycles. The topological polar surface area (TPSA) is 79.3 Å². The number of nitrogens with zero attached hydrogens (tertiary/aromatic N) is 3. The first-order chi connectivity index (χ1) is 16.6. The summed E-state index contributed by atoms with van der Waals surface area (Å²) in [7, 11) is 0. The lowest BCUT2D eigenvalue weighted by molar-refractivity contribution is 0.0538. The second-order valence-electron chi connectivity index (χ2n) is 10.4. The molecule has 1 saturated carbocycles. The third-order valence-electron chi connectivity index (χ3n) is 6.54. The maximum absolute atomic E-state index is 13.4. The fourth-order valence-corrected chi connectivity index (χ4v) is 4.89. The van der Waals surface area contributed by atoms with Crippen LogP contribution >= 0.6 is 0 Å². The Bertz CT molecular complexity index is 1730. The molecule has 35 heavy (non-hydrogen) atoms. The van der Waals surface area contributed by atoms with Crippen LogP contribution in [0.1, 0.15) is 51.1 Å². The van der Waals surface area contributed by atoms with Gasteiger partial charge in [0.2, 0.25) is 0 Å². The van der Waals surface area contributed by atoms with Crippen molar-refractivity contribution in [3.8, 4) is 11.1 Å². The number of hydrogen-bond donors (Lipinski definition) is 0. The second-order valence-corrected chi connectivity index (χ2v) is 10.4. The summed E-state index contributed by atoms with van der Waals surface area (Å²) in [5, 5.41) is 2.80. The van der Waals surface area contributed by atoms with E-state index in [1.807, 2.05) is 43.5 Å². The van der Waals surface area contributed by atoms with Gasteiger partial charge in [0, 0.05) is 41.5 Å². The smallest absolute Gasteiger partial charge is 0.418 e. The van der Waals surface area contributed by atoms with Gasteiger partial charge in [0.15, 0.2) is 17.0 Å². The van der Waals surface area contributed by atoms with E-state index in [-0.39, 0.29) is 11.6 Å². The van der Waals surface area contributed by atoms with Gasteiger partial charge in [-0.1, -0.05) is 18.2 Å². The second kappa shape index (κ2) is 7.31. The van der Waals surface area contributed by atoms with Crippen LogP contribution in [-0.4, -0.2) is 25.8 Å². The lowest BCUT2D eigenvalue weighted by Gasteiger charge is -2.19. The highest BCUT2D eigenvalue weighted by molar-refractivity contribution is 6.04. The zero-order valence-electron chi connectivity index (χ0n) is 20.5. The van der Waals surface area contributed by atoms with Crippen LogP contribution in [0, 0.1) is 13.8 Å². The van der Waals surface area contributed by atoms with E-state index < -0.39 is 11.7 Å². The zero-order chi connectivity index (χ0) is 24.6. The van der Waals surface area contributed by atoms with Crippen molar-refractivity contribution in [1.82, 2.24) is 14.1 Å². The van der Waals surface area contributed by atoms with Crippen LogP contribution in [0.3, 0.4) is 0 Å². The number of fused-ring (bicyclic) bond motifs is 4. The third-order valence-corrected chi connectivity index (χ3v) is 6.54. The summed E-state index contributed by atoms with van der Waals surface area (Å²) in [6.07, 6.45) is 5.16. The summed E-state index contributed by atoms with van der Waals surface area (Å²) in [4.78, 5) is 30.3. The zero-order valence-corrected chi connectivity index (χ0v) is 20.5. The summed E-state index contributed by atoms with van der Waals surface area (Å²) in [6, 6.07) is 10.4. The Morgan fingerprint density at radius 2 is 1.83 bits per heavy atom. The number of oxazole rings is 1. The van der Waals surface area contributed by atoms with E-state index in [0.717, 1.165) is 51.2 Å². The maximum atomic E-state index is 13.4. The van der Waals surface area contributed by atoms with Crippen molar-refractivity contribution in [3.05, 3.63) is 64.5 Å². The van der Waals surface area contributed by atoms with E-state index in [1.165, 1.54) is 4.57 Å². The summed E-state index contributed by atoms with van der Waals surface area (Å²) < 4.78 is 14.8. The molecule has 0 N–H and O–H groups in total. The predicted molar refractivity (Wildman–Crippen MR) is 136 cm³/mol. The van der Waals surface area contributed by atoms with Gasteiger partial charge in [-0.3, -0.25) is 9.36 Å². The summed E-state index contributed by atoms with van der Waals surface area (Å²) in [6.45, 7) is 9.38. The largest absolute Gasteiger partial charge is 0.443 e. The van der Waals surface area contributed by atoms with Crippen molar-refractivity contribution in [1.29, 1.82) is 0 Å². The Morgan fingerprint density at radius 3 is 2.54 bits per heavy atom. The molecule has 0 radical (unpaired) electrons. The van der Waals surface area contributed by atoms with Gasteiger partial charge in [-0.2, -0.15) is 0 Å². The van der Waals surface area contributed by atoms with Crippen molar-refractivity contribution in [3.63, 3.8) is 0 Å². The van der Waals surface area contributed by atoms with Crippen LogP contribution in [0.25, 0.3) is 43.9 Å². The Labute approximate surface area is 201 Å². The van der Waals surface area contributed by atoms with Gasteiger partial charge in [0.1, 0.15) is 5.60 Å². The molecule has 0 bridgehead atoms. The molecular weight excluding hydrogens is 442 g/mol. The molecule has 3 heterocycles. The lowest BCUT2D eigenvalue weighted by atomic mass is 9.96. The van der Waals surface area contributed by atoms with E-state index >= 15 is 0 Å². The molecule has 0 spiro atoms. The number of carbonyl (C=O) groups excluding carboxylic acids is 1. The molecule has 0 amide bonds. The van der Waals surface area contributed by atoms with E-state index in [1.54, 1.807) is 19.3 Å². The number of ether oxygens (including phenoxy) is 1. The van der Waals surface area contributed by atoms with E-state index in [4.69, 9.17) is 9.15 Å². The Morgan fingerprint density at radius 1 is 1.09 bits per heavy atom. The molecule has 6 rings (SSSR count). The highest BCUT2D eigenvalue weighted by Crippen LogP contribution is 2.40. The van der Waals surface area contributed by atoms with Gasteiger partial charge in [-0.15, -0.1) is 0 Å². The van der Waals surface area contributed by atoms with E-state index in [2.05, 4.69) is 24.0 Å². The minimum absolute atomic E-state index is 0.0861. The molecule has 0 aliphatic heterocycles. The van der Waals surface area contributed by atoms with Crippen LogP contribution in [0.2, 0.25) is 0 Å². The number of aryl methyl sites for hydroxylation is 2. The Balaban J connectivity index is 1.52. The first-order valence-electron chi connectivity index (χ1n) is 11.9. The van der Waals surface area contributed by atoms with Crippen molar-refractivity contribution in [2.24, 2.45) is 0 Å². The molecule has 1 fully saturated rings. The predicted octanol–water partition coefficient (Wildman–Crippen LogP) is 6.50. The van der Waals surface area contributed by atoms with Crippen molar-refractivity contribution >= 4 is 38.9 Å². The van der Waals surface area contributed by atoms with E-state index in [0.29, 0.717) is 17.0 Å². The lowest BCUT2D eigenvalue weighted by Crippen LogP contribution is -2.26. The highest BCUT2D eigenvalue weighted by Gasteiger charge is 2.30. The standard InChI is InChI=1S/C28H27N3O4/c1-15-21(17-6-7-18-13-30(14-19(18)12-17)27(33)35-28(3,4)5)10-11-22-24(15)31(20-8-9-20)26(32)23-25(22)34-16(2)29-23/h6-7,10-14,20H,8-9H2,1-5H3. The van der Waals surface area contributed by atoms with Crippen molar-refractivity contribution < 1.29 is 13.9 Å². The fourth-order valence-electron chi connectivity index (χ4n) is 4.89. The number of aromatic nitrogens is 3. The van der Waals surface area contributed by atoms with Gasteiger partial charge >= 0.3 is 6.09 Å². The number of pyridine rings is 1. The monoisotopic (exact) mass is 469 g/mol. The summed E-state index contributed by atoms with van der Waals surface area (Å²) in [5.41, 5.74) is 4.29. The van der Waals surface area contributed by atoms with Crippen molar-refractivity contribution in [2.75, 3.05) is 0 Å². The van der Waals surface area contributed by atoms with Crippen LogP contribution in [-0.2, 0) is 4.74 Å². The number of carbonyl (C=O) groups is 1. The maximum Gasteiger partial charge on any atom is 0.418 e. The molecule has 0 atom stereocenters. The molecule has 1 aliphatic carbocycles. The first-order valence-corrected chi connectivity index (χ1v) is 11.9. The highest BCUT2D eigenvalue weighted by atomic mass is 16.6. The van der Waals surface area contributed by atoms with Crippen molar-refractivity contribution in [2.45, 2.75) is 59.1 Å². The SMILES string of the molecule is Cc1nc2c(=O)n(C3CC3)c3c(C)c(-c4ccc5cn(C(=O)OC(C)(C)C)cc5c4)ccc3c2o1. The Hall–Kier alpha value is -3.87. The third kappa shape index (κ3) is 3.53. The van der Waals surface area contributed by atoms with Crippen LogP contribution in [0.15, 0.2) is 51.9 Å². The molecule has 0 unspecified atom stereocenters. The molecule has 3 aromatic heterocycles. The van der Waals surface area contributed by atoms with E-state index in [9.17, 15) is 9.59 Å². The minimum atomic E-state index is -0.564. The molecule has 0 saturated heterocycles. The molecule has 7 nitrogen and oxygen atoms in total.